The molecule has 0 saturated carbocycles. The van der Waals surface area contributed by atoms with Gasteiger partial charge in [-0.15, -0.1) is 0 Å². The first-order valence-electron chi connectivity index (χ1n) is 4.75. The monoisotopic (exact) mass is 270 g/mol. The second kappa shape index (κ2) is 4.39. The molecular weight excluding hydrogens is 263 g/mol. The normalized spacial score (nSPS) is 10.5. The molecule has 0 spiro atoms. The molecule has 0 saturated heterocycles. The summed E-state index contributed by atoms with van der Waals surface area (Å²) >= 11 is 11.9. The molecule has 1 heterocycles. The van der Waals surface area contributed by atoms with Crippen molar-refractivity contribution in [1.82, 2.24) is 9.78 Å². The van der Waals surface area contributed by atoms with Gasteiger partial charge in [-0.3, -0.25) is 0 Å². The standard InChI is InChI=1S/C11H8Cl2N2O2/c1-6-9(13)10(11(16)17)14-15(6)8-5-3-2-4-7(8)12/h2-5H,1H3,(H,16,17). The highest BCUT2D eigenvalue weighted by molar-refractivity contribution is 6.34. The number of carboxylic acids is 1. The maximum Gasteiger partial charge on any atom is 0.358 e. The van der Waals surface area contributed by atoms with Crippen LogP contribution in [-0.2, 0) is 0 Å². The molecule has 0 atom stereocenters. The number of nitrogens with zero attached hydrogens (tertiary/aromatic N) is 2. The highest BCUT2D eigenvalue weighted by Gasteiger charge is 2.20. The summed E-state index contributed by atoms with van der Waals surface area (Å²) in [5, 5.41) is 13.5. The number of hydrogen-bond donors (Lipinski definition) is 1. The first kappa shape index (κ1) is 12.0. The summed E-state index contributed by atoms with van der Waals surface area (Å²) in [7, 11) is 0. The van der Waals surface area contributed by atoms with Gasteiger partial charge in [-0.1, -0.05) is 35.3 Å². The Kier molecular flexibility index (Phi) is 3.09. The zero-order valence-corrected chi connectivity index (χ0v) is 10.3. The average molecular weight is 271 g/mol. The molecule has 0 radical (unpaired) electrons. The van der Waals surface area contributed by atoms with Crippen LogP contribution in [0, 0.1) is 6.92 Å². The van der Waals surface area contributed by atoms with Gasteiger partial charge in [0.05, 0.1) is 21.4 Å². The summed E-state index contributed by atoms with van der Waals surface area (Å²) < 4.78 is 1.42. The molecule has 0 aliphatic rings. The predicted molar refractivity (Wildman–Crippen MR) is 65.3 cm³/mol. The van der Waals surface area contributed by atoms with Crippen LogP contribution in [-0.4, -0.2) is 20.9 Å². The molecule has 1 aromatic heterocycles. The molecule has 0 amide bonds. The zero-order chi connectivity index (χ0) is 12.6. The highest BCUT2D eigenvalue weighted by Crippen LogP contribution is 2.26. The second-order valence-electron chi connectivity index (χ2n) is 3.42. The molecule has 2 aromatic rings. The minimum Gasteiger partial charge on any atom is -0.476 e. The molecule has 4 nitrogen and oxygen atoms in total. The molecule has 6 heteroatoms. The van der Waals surface area contributed by atoms with Gasteiger partial charge in [0, 0.05) is 0 Å². The SMILES string of the molecule is Cc1c(Cl)c(C(=O)O)nn1-c1ccccc1Cl. The number of hydrogen-bond acceptors (Lipinski definition) is 2. The molecule has 2 rings (SSSR count). The molecule has 0 unspecified atom stereocenters. The Morgan fingerprint density at radius 1 is 1.35 bits per heavy atom. The lowest BCUT2D eigenvalue weighted by molar-refractivity contribution is 0.0690. The lowest BCUT2D eigenvalue weighted by atomic mass is 10.3. The van der Waals surface area contributed by atoms with Crippen molar-refractivity contribution in [3.8, 4) is 5.69 Å². The molecule has 1 N–H and O–H groups in total. The number of benzene rings is 1. The van der Waals surface area contributed by atoms with Crippen molar-refractivity contribution in [1.29, 1.82) is 0 Å². The Balaban J connectivity index is 2.66. The third kappa shape index (κ3) is 2.01. The number of carbonyl (C=O) groups is 1. The fourth-order valence-corrected chi connectivity index (χ4v) is 1.89. The van der Waals surface area contributed by atoms with Crippen molar-refractivity contribution < 1.29 is 9.90 Å². The number of halogens is 2. The van der Waals surface area contributed by atoms with Crippen molar-refractivity contribution in [2.75, 3.05) is 0 Å². The Morgan fingerprint density at radius 2 is 2.00 bits per heavy atom. The van der Waals surface area contributed by atoms with Gasteiger partial charge in [0.2, 0.25) is 0 Å². The van der Waals surface area contributed by atoms with Crippen LogP contribution in [0.4, 0.5) is 0 Å². The van der Waals surface area contributed by atoms with Gasteiger partial charge >= 0.3 is 5.97 Å². The number of para-hydroxylation sites is 1. The van der Waals surface area contributed by atoms with Crippen LogP contribution in [0.5, 0.6) is 0 Å². The molecule has 0 aliphatic carbocycles. The maximum absolute atomic E-state index is 10.9. The van der Waals surface area contributed by atoms with Crippen molar-refractivity contribution in [3.63, 3.8) is 0 Å². The summed E-state index contributed by atoms with van der Waals surface area (Å²) in [4.78, 5) is 10.9. The predicted octanol–water partition coefficient (Wildman–Crippen LogP) is 3.19. The van der Waals surface area contributed by atoms with E-state index in [0.29, 0.717) is 16.4 Å². The lowest BCUT2D eigenvalue weighted by Gasteiger charge is -2.05. The molecule has 0 aliphatic heterocycles. The fourth-order valence-electron chi connectivity index (χ4n) is 1.48. The molecular formula is C11H8Cl2N2O2. The number of aromatic carboxylic acids is 1. The van der Waals surface area contributed by atoms with Gasteiger partial charge in [0.15, 0.2) is 5.69 Å². The number of carboxylic acid groups (broad SMARTS) is 1. The first-order chi connectivity index (χ1) is 8.02. The van der Waals surface area contributed by atoms with Crippen LogP contribution in [0.1, 0.15) is 16.2 Å². The second-order valence-corrected chi connectivity index (χ2v) is 4.20. The molecule has 1 aromatic carbocycles. The van der Waals surface area contributed by atoms with Crippen LogP contribution in [0.15, 0.2) is 24.3 Å². The van der Waals surface area contributed by atoms with Crippen LogP contribution in [0.2, 0.25) is 10.0 Å². The third-order valence-electron chi connectivity index (χ3n) is 2.33. The van der Waals surface area contributed by atoms with Crippen LogP contribution >= 0.6 is 23.2 Å². The van der Waals surface area contributed by atoms with Gasteiger partial charge in [-0.2, -0.15) is 5.10 Å². The Labute approximate surface area is 107 Å². The van der Waals surface area contributed by atoms with E-state index >= 15 is 0 Å². The largest absolute Gasteiger partial charge is 0.476 e. The molecule has 88 valence electrons. The van der Waals surface area contributed by atoms with E-state index in [1.165, 1.54) is 4.68 Å². The summed E-state index contributed by atoms with van der Waals surface area (Å²) in [5.74, 6) is -1.16. The molecule has 0 bridgehead atoms. The van der Waals surface area contributed by atoms with Gasteiger partial charge < -0.3 is 5.11 Å². The quantitative estimate of drug-likeness (QED) is 0.912. The van der Waals surface area contributed by atoms with E-state index in [9.17, 15) is 4.79 Å². The summed E-state index contributed by atoms with van der Waals surface area (Å²) in [6, 6.07) is 7.01. The Morgan fingerprint density at radius 3 is 2.53 bits per heavy atom. The van der Waals surface area contributed by atoms with E-state index in [4.69, 9.17) is 28.3 Å². The van der Waals surface area contributed by atoms with E-state index in [-0.39, 0.29) is 10.7 Å². The van der Waals surface area contributed by atoms with E-state index in [0.717, 1.165) is 0 Å². The first-order valence-corrected chi connectivity index (χ1v) is 5.51. The van der Waals surface area contributed by atoms with Crippen molar-refractivity contribution in [2.24, 2.45) is 0 Å². The number of rotatable bonds is 2. The maximum atomic E-state index is 10.9. The average Bonchev–Trinajstić information content (AvgIpc) is 2.57. The summed E-state index contributed by atoms with van der Waals surface area (Å²) in [6.07, 6.45) is 0. The van der Waals surface area contributed by atoms with Gasteiger partial charge in [0.1, 0.15) is 0 Å². The lowest BCUT2D eigenvalue weighted by Crippen LogP contribution is -2.02. The smallest absolute Gasteiger partial charge is 0.358 e. The van der Waals surface area contributed by atoms with Crippen LogP contribution < -0.4 is 0 Å². The minimum absolute atomic E-state index is 0.123. The van der Waals surface area contributed by atoms with E-state index in [1.54, 1.807) is 31.2 Å². The minimum atomic E-state index is -1.16. The van der Waals surface area contributed by atoms with E-state index < -0.39 is 5.97 Å². The van der Waals surface area contributed by atoms with Gasteiger partial charge in [-0.25, -0.2) is 9.48 Å². The fraction of sp³-hybridized carbons (Fsp3) is 0.0909. The molecule has 17 heavy (non-hydrogen) atoms. The Hall–Kier alpha value is -1.52. The number of aromatic nitrogens is 2. The third-order valence-corrected chi connectivity index (χ3v) is 3.10. The Bertz CT molecular complexity index is 593. The van der Waals surface area contributed by atoms with Gasteiger partial charge in [-0.05, 0) is 19.1 Å². The van der Waals surface area contributed by atoms with E-state index in [1.807, 2.05) is 0 Å². The summed E-state index contributed by atoms with van der Waals surface area (Å²) in [6.45, 7) is 1.69. The van der Waals surface area contributed by atoms with Crippen LogP contribution in [0.25, 0.3) is 5.69 Å². The zero-order valence-electron chi connectivity index (χ0n) is 8.82. The molecule has 0 fully saturated rings. The van der Waals surface area contributed by atoms with Crippen LogP contribution in [0.3, 0.4) is 0 Å². The van der Waals surface area contributed by atoms with E-state index in [2.05, 4.69) is 5.10 Å². The van der Waals surface area contributed by atoms with Crippen molar-refractivity contribution in [3.05, 3.63) is 45.7 Å². The summed E-state index contributed by atoms with van der Waals surface area (Å²) in [5.41, 5.74) is 0.960. The topological polar surface area (TPSA) is 55.1 Å². The van der Waals surface area contributed by atoms with Crippen molar-refractivity contribution in [2.45, 2.75) is 6.92 Å². The van der Waals surface area contributed by atoms with Gasteiger partial charge in [0.25, 0.3) is 0 Å². The van der Waals surface area contributed by atoms with Crippen molar-refractivity contribution >= 4 is 29.2 Å². The highest BCUT2D eigenvalue weighted by atomic mass is 35.5.